The fourth-order valence-corrected chi connectivity index (χ4v) is 8.84. The zero-order valence-corrected chi connectivity index (χ0v) is 26.3. The first-order valence-electron chi connectivity index (χ1n) is 16.0. The molecule has 0 saturated carbocycles. The number of benzene rings is 1. The lowest BCUT2D eigenvalue weighted by atomic mass is 9.95. The van der Waals surface area contributed by atoms with Crippen molar-refractivity contribution in [2.24, 2.45) is 0 Å². The van der Waals surface area contributed by atoms with E-state index in [2.05, 4.69) is 45.1 Å². The molecule has 2 saturated heterocycles. The molecule has 0 spiro atoms. The third-order valence-corrected chi connectivity index (χ3v) is 11.3. The van der Waals surface area contributed by atoms with Crippen molar-refractivity contribution in [2.45, 2.75) is 95.9 Å². The number of carbonyl (C=O) groups excluding carboxylic acids is 1. The molecule has 1 aromatic carbocycles. The van der Waals surface area contributed by atoms with Crippen LogP contribution in [0.25, 0.3) is 0 Å². The summed E-state index contributed by atoms with van der Waals surface area (Å²) in [5, 5.41) is 2.97. The van der Waals surface area contributed by atoms with Gasteiger partial charge in [-0.05, 0) is 76.1 Å². The molecule has 1 aromatic heterocycles. The van der Waals surface area contributed by atoms with Crippen molar-refractivity contribution in [3.05, 3.63) is 71.6 Å². The van der Waals surface area contributed by atoms with Crippen LogP contribution in [0.3, 0.4) is 0 Å². The summed E-state index contributed by atoms with van der Waals surface area (Å²) in [6.07, 6.45) is 16.5. The zero-order valence-electron chi connectivity index (χ0n) is 25.5. The smallest absolute Gasteiger partial charge is 0.322 e. The minimum Gasteiger partial charge on any atom is -0.329 e. The van der Waals surface area contributed by atoms with Gasteiger partial charge in [-0.1, -0.05) is 31.2 Å². The van der Waals surface area contributed by atoms with Gasteiger partial charge in [-0.15, -0.1) is 0 Å². The number of urea groups is 1. The highest BCUT2D eigenvalue weighted by Gasteiger charge is 2.42. The van der Waals surface area contributed by atoms with E-state index in [1.54, 1.807) is 12.1 Å². The largest absolute Gasteiger partial charge is 0.329 e. The highest BCUT2D eigenvalue weighted by molar-refractivity contribution is 7.82. The predicted molar refractivity (Wildman–Crippen MR) is 170 cm³/mol. The van der Waals surface area contributed by atoms with Gasteiger partial charge >= 0.3 is 6.03 Å². The summed E-state index contributed by atoms with van der Waals surface area (Å²) in [7, 11) is -0.917. The van der Waals surface area contributed by atoms with Crippen LogP contribution in [0.2, 0.25) is 0 Å². The lowest BCUT2D eigenvalue weighted by Crippen LogP contribution is -2.47. The summed E-state index contributed by atoms with van der Waals surface area (Å²) in [4.78, 5) is 23.0. The number of fused-ring (bicyclic) bond motifs is 3. The standard InChI is InChI=1S/C33H45FN6O2S/c1-3-20-43(42)37-19-16-32-31(23-37)35-24(2)40(32)30-21-28-14-15-29(22-30)38(28)17-7-18-39(27-8-5-4-6-9-27)33(41)36-26-12-10-25(34)11-13-26/h4-6,8,10-13,27-30H,3,7,9,14-23H2,1-2H3,(H,36,41)/t27?,28-,29?,30?,43?/m1/s1. The normalized spacial score (nSPS) is 25.9. The predicted octanol–water partition coefficient (Wildman–Crippen LogP) is 5.74. The van der Waals surface area contributed by atoms with Crippen LogP contribution in [0, 0.1) is 12.7 Å². The van der Waals surface area contributed by atoms with Crippen LogP contribution in [0.15, 0.2) is 48.6 Å². The molecule has 4 unspecified atom stereocenters. The van der Waals surface area contributed by atoms with Gasteiger partial charge < -0.3 is 14.8 Å². The number of nitrogens with one attached hydrogen (secondary N) is 1. The highest BCUT2D eigenvalue weighted by Crippen LogP contribution is 2.42. The first-order chi connectivity index (χ1) is 20.9. The Kier molecular flexibility index (Phi) is 9.45. The number of hydrogen-bond acceptors (Lipinski definition) is 4. The third-order valence-electron chi connectivity index (χ3n) is 9.61. The SMILES string of the molecule is CCCS(=O)N1CCc2c(nc(C)n2C2CC3CC[C@H](C2)N3CCCN(C(=O)Nc2ccc(F)cc2)C2C=CC=CC2)C1. The first-order valence-corrected chi connectivity index (χ1v) is 17.3. The average molecular weight is 609 g/mol. The second-order valence-electron chi connectivity index (χ2n) is 12.4. The zero-order chi connectivity index (χ0) is 29.9. The second kappa shape index (κ2) is 13.4. The van der Waals surface area contributed by atoms with Gasteiger partial charge in [0.15, 0.2) is 0 Å². The second-order valence-corrected chi connectivity index (χ2v) is 14.0. The van der Waals surface area contributed by atoms with Gasteiger partial charge in [0.1, 0.15) is 11.6 Å². The van der Waals surface area contributed by atoms with E-state index >= 15 is 0 Å². The summed E-state index contributed by atoms with van der Waals surface area (Å²) in [6.45, 7) is 7.40. The van der Waals surface area contributed by atoms with E-state index in [0.29, 0.717) is 36.9 Å². The van der Waals surface area contributed by atoms with Crippen LogP contribution >= 0.6 is 0 Å². The average Bonchev–Trinajstić information content (AvgIpc) is 3.46. The van der Waals surface area contributed by atoms with Crippen LogP contribution in [-0.2, 0) is 24.0 Å². The lowest BCUT2D eigenvalue weighted by molar-refractivity contribution is 0.0993. The Bertz CT molecular complexity index is 1360. The lowest BCUT2D eigenvalue weighted by Gasteiger charge is -2.41. The molecule has 2 fully saturated rings. The van der Waals surface area contributed by atoms with Crippen molar-refractivity contribution in [3.8, 4) is 0 Å². The van der Waals surface area contributed by atoms with Crippen molar-refractivity contribution >= 4 is 22.7 Å². The number of piperidine rings is 1. The Balaban J connectivity index is 1.07. The molecule has 1 N–H and O–H groups in total. The van der Waals surface area contributed by atoms with Gasteiger partial charge in [0.25, 0.3) is 0 Å². The molecule has 5 atom stereocenters. The minimum absolute atomic E-state index is 0.0126. The minimum atomic E-state index is -0.917. The van der Waals surface area contributed by atoms with Crippen LogP contribution in [0.4, 0.5) is 14.9 Å². The van der Waals surface area contributed by atoms with Gasteiger partial charge in [0.05, 0.1) is 29.3 Å². The molecule has 232 valence electrons. The van der Waals surface area contributed by atoms with Gasteiger partial charge in [-0.3, -0.25) is 4.90 Å². The number of anilines is 1. The molecule has 4 heterocycles. The van der Waals surface area contributed by atoms with Gasteiger partial charge in [-0.25, -0.2) is 22.7 Å². The Morgan fingerprint density at radius 2 is 1.91 bits per heavy atom. The number of rotatable bonds is 10. The van der Waals surface area contributed by atoms with E-state index in [1.165, 1.54) is 30.7 Å². The van der Waals surface area contributed by atoms with E-state index < -0.39 is 11.0 Å². The molecule has 3 aliphatic heterocycles. The van der Waals surface area contributed by atoms with E-state index in [1.807, 2.05) is 17.1 Å². The van der Waals surface area contributed by atoms with E-state index in [0.717, 1.165) is 68.9 Å². The first kappa shape index (κ1) is 30.2. The molecule has 2 bridgehead atoms. The van der Waals surface area contributed by atoms with Gasteiger partial charge in [-0.2, -0.15) is 0 Å². The highest BCUT2D eigenvalue weighted by atomic mass is 32.2. The van der Waals surface area contributed by atoms with Crippen molar-refractivity contribution in [3.63, 3.8) is 0 Å². The van der Waals surface area contributed by atoms with Crippen molar-refractivity contribution in [1.29, 1.82) is 0 Å². The maximum Gasteiger partial charge on any atom is 0.322 e. The quantitative estimate of drug-likeness (QED) is 0.374. The van der Waals surface area contributed by atoms with Crippen LogP contribution in [0.1, 0.15) is 75.1 Å². The fraction of sp³-hybridized carbons (Fsp3) is 0.576. The Labute approximate surface area is 257 Å². The molecule has 8 nitrogen and oxygen atoms in total. The molecule has 6 rings (SSSR count). The van der Waals surface area contributed by atoms with E-state index in [-0.39, 0.29) is 17.9 Å². The topological polar surface area (TPSA) is 73.7 Å². The van der Waals surface area contributed by atoms with Crippen molar-refractivity contribution < 1.29 is 13.4 Å². The summed E-state index contributed by atoms with van der Waals surface area (Å²) in [5.74, 6) is 1.51. The molecule has 2 amide bonds. The van der Waals surface area contributed by atoms with E-state index in [9.17, 15) is 13.4 Å². The number of nitrogens with zero attached hydrogens (tertiary/aromatic N) is 5. The van der Waals surface area contributed by atoms with Gasteiger partial charge in [0.2, 0.25) is 0 Å². The number of carbonyl (C=O) groups is 1. The third kappa shape index (κ3) is 6.66. The summed E-state index contributed by atoms with van der Waals surface area (Å²) >= 11 is 0. The van der Waals surface area contributed by atoms with Crippen molar-refractivity contribution in [1.82, 2.24) is 23.7 Å². The number of halogens is 1. The molecular formula is C33H45FN6O2S. The van der Waals surface area contributed by atoms with Crippen LogP contribution < -0.4 is 5.32 Å². The molecule has 2 aromatic rings. The summed E-state index contributed by atoms with van der Waals surface area (Å²) < 4.78 is 30.6. The van der Waals surface area contributed by atoms with E-state index in [4.69, 9.17) is 4.98 Å². The molecule has 10 heteroatoms. The molecule has 1 aliphatic carbocycles. The number of imidazole rings is 1. The number of aryl methyl sites for hydroxylation is 1. The monoisotopic (exact) mass is 608 g/mol. The molecular weight excluding hydrogens is 563 g/mol. The molecule has 43 heavy (non-hydrogen) atoms. The fourth-order valence-electron chi connectivity index (χ4n) is 7.67. The number of aromatic nitrogens is 2. The Hall–Kier alpha value is -2.82. The van der Waals surface area contributed by atoms with Crippen LogP contribution in [0.5, 0.6) is 0 Å². The number of allylic oxidation sites excluding steroid dienone is 2. The number of hydrogen-bond donors (Lipinski definition) is 1. The Morgan fingerprint density at radius 3 is 2.60 bits per heavy atom. The maximum absolute atomic E-state index is 13.4. The summed E-state index contributed by atoms with van der Waals surface area (Å²) in [5.41, 5.74) is 3.08. The number of amides is 2. The molecule has 0 radical (unpaired) electrons. The van der Waals surface area contributed by atoms with Crippen molar-refractivity contribution in [2.75, 3.05) is 30.7 Å². The maximum atomic E-state index is 13.4. The molecule has 4 aliphatic rings. The Morgan fingerprint density at radius 1 is 1.14 bits per heavy atom. The van der Waals surface area contributed by atoms with Crippen LogP contribution in [-0.4, -0.2) is 77.4 Å². The van der Waals surface area contributed by atoms with Gasteiger partial charge in [0, 0.05) is 61.3 Å². The summed E-state index contributed by atoms with van der Waals surface area (Å²) in [6, 6.07) is 7.39.